The lowest BCUT2D eigenvalue weighted by molar-refractivity contribution is -0.133. The summed E-state index contributed by atoms with van der Waals surface area (Å²) in [6.45, 7) is 4.80. The first-order valence-corrected chi connectivity index (χ1v) is 12.0. The Labute approximate surface area is 173 Å². The molecule has 7 nitrogen and oxygen atoms in total. The number of aryl methyl sites for hydroxylation is 1. The van der Waals surface area contributed by atoms with Crippen LogP contribution in [0.4, 0.5) is 5.69 Å². The Morgan fingerprint density at radius 2 is 1.86 bits per heavy atom. The van der Waals surface area contributed by atoms with Gasteiger partial charge in [-0.2, -0.15) is 4.31 Å². The quantitative estimate of drug-likeness (QED) is 0.790. The van der Waals surface area contributed by atoms with E-state index in [1.54, 1.807) is 13.8 Å². The van der Waals surface area contributed by atoms with Gasteiger partial charge in [0.15, 0.2) is 0 Å². The zero-order valence-corrected chi connectivity index (χ0v) is 18.3. The molecule has 29 heavy (non-hydrogen) atoms. The van der Waals surface area contributed by atoms with Gasteiger partial charge in [-0.3, -0.25) is 14.5 Å². The summed E-state index contributed by atoms with van der Waals surface area (Å²) < 4.78 is 26.2. The number of anilines is 1. The number of nitrogens with zero attached hydrogens (tertiary/aromatic N) is 2. The fraction of sp³-hybridized carbons (Fsp3) is 0.619. The number of rotatable bonds is 5. The Bertz CT molecular complexity index is 880. The molecular formula is C21H31N3O4S. The van der Waals surface area contributed by atoms with Crippen molar-refractivity contribution in [3.8, 4) is 0 Å². The third kappa shape index (κ3) is 4.33. The molecule has 1 saturated heterocycles. The second kappa shape index (κ2) is 8.44. The number of sulfonamides is 1. The molecule has 1 heterocycles. The SMILES string of the molecule is CCS(=O)(=O)N1CC(=O)N(c2ccccc2C)C(C)(C(=O)NC2CCCCC2)C1. The van der Waals surface area contributed by atoms with Crippen LogP contribution in [-0.2, 0) is 19.6 Å². The van der Waals surface area contributed by atoms with Crippen molar-refractivity contribution >= 4 is 27.5 Å². The fourth-order valence-electron chi connectivity index (χ4n) is 4.32. The Hall–Kier alpha value is -1.93. The number of para-hydroxylation sites is 1. The highest BCUT2D eigenvalue weighted by atomic mass is 32.2. The normalized spacial score (nSPS) is 24.5. The number of carbonyl (C=O) groups is 2. The monoisotopic (exact) mass is 421 g/mol. The van der Waals surface area contributed by atoms with Gasteiger partial charge in [-0.15, -0.1) is 0 Å². The third-order valence-electron chi connectivity index (χ3n) is 6.08. The van der Waals surface area contributed by atoms with E-state index >= 15 is 0 Å². The molecule has 2 amide bonds. The largest absolute Gasteiger partial charge is 0.351 e. The van der Waals surface area contributed by atoms with Gasteiger partial charge in [-0.1, -0.05) is 37.5 Å². The van der Waals surface area contributed by atoms with E-state index in [9.17, 15) is 18.0 Å². The van der Waals surface area contributed by atoms with Crippen LogP contribution in [0.2, 0.25) is 0 Å². The van der Waals surface area contributed by atoms with Crippen LogP contribution in [0.25, 0.3) is 0 Å². The maximum atomic E-state index is 13.5. The molecule has 2 aliphatic rings. The molecule has 1 atom stereocenters. The summed E-state index contributed by atoms with van der Waals surface area (Å²) in [5, 5.41) is 3.10. The second-order valence-electron chi connectivity index (χ2n) is 8.27. The third-order valence-corrected chi connectivity index (χ3v) is 7.86. The number of benzene rings is 1. The summed E-state index contributed by atoms with van der Waals surface area (Å²) >= 11 is 0. The number of piperazine rings is 1. The highest BCUT2D eigenvalue weighted by molar-refractivity contribution is 7.89. The van der Waals surface area contributed by atoms with Gasteiger partial charge in [0.25, 0.3) is 0 Å². The van der Waals surface area contributed by atoms with Crippen LogP contribution in [0.15, 0.2) is 24.3 Å². The van der Waals surface area contributed by atoms with Crippen LogP contribution in [0.5, 0.6) is 0 Å². The van der Waals surface area contributed by atoms with Gasteiger partial charge in [0.2, 0.25) is 21.8 Å². The van der Waals surface area contributed by atoms with Crippen molar-refractivity contribution in [3.05, 3.63) is 29.8 Å². The highest BCUT2D eigenvalue weighted by Gasteiger charge is 2.51. The molecule has 0 radical (unpaired) electrons. The number of nitrogens with one attached hydrogen (secondary N) is 1. The number of hydrogen-bond donors (Lipinski definition) is 1. The van der Waals surface area contributed by atoms with Crippen molar-refractivity contribution in [1.29, 1.82) is 0 Å². The predicted molar refractivity (Wildman–Crippen MR) is 113 cm³/mol. The maximum absolute atomic E-state index is 13.5. The lowest BCUT2D eigenvalue weighted by Crippen LogP contribution is -2.71. The molecule has 1 saturated carbocycles. The van der Waals surface area contributed by atoms with E-state index in [1.165, 1.54) is 11.3 Å². The molecule has 0 spiro atoms. The van der Waals surface area contributed by atoms with Crippen molar-refractivity contribution in [1.82, 2.24) is 9.62 Å². The van der Waals surface area contributed by atoms with Crippen LogP contribution in [-0.4, -0.2) is 55.0 Å². The first-order chi connectivity index (χ1) is 13.7. The van der Waals surface area contributed by atoms with Crippen molar-refractivity contribution < 1.29 is 18.0 Å². The summed E-state index contributed by atoms with van der Waals surface area (Å²) in [6.07, 6.45) is 5.13. The van der Waals surface area contributed by atoms with Crippen LogP contribution in [0, 0.1) is 6.92 Å². The molecule has 0 aromatic heterocycles. The minimum Gasteiger partial charge on any atom is -0.351 e. The fourth-order valence-corrected chi connectivity index (χ4v) is 5.44. The Morgan fingerprint density at radius 1 is 1.21 bits per heavy atom. The van der Waals surface area contributed by atoms with Crippen LogP contribution < -0.4 is 10.2 Å². The molecule has 160 valence electrons. The molecule has 2 fully saturated rings. The van der Waals surface area contributed by atoms with Gasteiger partial charge in [0.1, 0.15) is 5.54 Å². The summed E-state index contributed by atoms with van der Waals surface area (Å²) in [5.41, 5.74) is 0.192. The van der Waals surface area contributed by atoms with Crippen LogP contribution >= 0.6 is 0 Å². The average molecular weight is 422 g/mol. The Morgan fingerprint density at radius 3 is 2.48 bits per heavy atom. The van der Waals surface area contributed by atoms with Gasteiger partial charge in [-0.05, 0) is 45.2 Å². The molecule has 1 aromatic carbocycles. The molecule has 1 unspecified atom stereocenters. The van der Waals surface area contributed by atoms with E-state index in [0.29, 0.717) is 5.69 Å². The molecule has 3 rings (SSSR count). The molecule has 1 aliphatic carbocycles. The smallest absolute Gasteiger partial charge is 0.247 e. The van der Waals surface area contributed by atoms with E-state index < -0.39 is 15.6 Å². The lowest BCUT2D eigenvalue weighted by Gasteiger charge is -2.47. The number of amides is 2. The summed E-state index contributed by atoms with van der Waals surface area (Å²) in [6, 6.07) is 7.46. The zero-order valence-electron chi connectivity index (χ0n) is 17.5. The molecular weight excluding hydrogens is 390 g/mol. The first kappa shape index (κ1) is 21.8. The summed E-state index contributed by atoms with van der Waals surface area (Å²) in [7, 11) is -3.60. The van der Waals surface area contributed by atoms with Gasteiger partial charge in [0.05, 0.1) is 12.3 Å². The zero-order chi connectivity index (χ0) is 21.2. The predicted octanol–water partition coefficient (Wildman–Crippen LogP) is 2.20. The van der Waals surface area contributed by atoms with Gasteiger partial charge >= 0.3 is 0 Å². The molecule has 1 N–H and O–H groups in total. The Balaban J connectivity index is 2.00. The van der Waals surface area contributed by atoms with E-state index in [2.05, 4.69) is 5.32 Å². The Kier molecular flexibility index (Phi) is 6.33. The van der Waals surface area contributed by atoms with Crippen molar-refractivity contribution in [3.63, 3.8) is 0 Å². The standard InChI is InChI=1S/C21H31N3O4S/c1-4-29(27,28)23-14-19(25)24(18-13-9-8-10-16(18)2)21(3,15-23)20(26)22-17-11-6-5-7-12-17/h8-10,13,17H,4-7,11-12,14-15H2,1-3H3,(H,22,26). The number of hydrogen-bond acceptors (Lipinski definition) is 4. The molecule has 1 aliphatic heterocycles. The van der Waals surface area contributed by atoms with E-state index in [1.807, 2.05) is 31.2 Å². The van der Waals surface area contributed by atoms with Crippen molar-refractivity contribution in [2.75, 3.05) is 23.7 Å². The topological polar surface area (TPSA) is 86.8 Å². The first-order valence-electron chi connectivity index (χ1n) is 10.4. The van der Waals surface area contributed by atoms with Crippen LogP contribution in [0.1, 0.15) is 51.5 Å². The van der Waals surface area contributed by atoms with Crippen molar-refractivity contribution in [2.24, 2.45) is 0 Å². The summed E-state index contributed by atoms with van der Waals surface area (Å²) in [4.78, 5) is 28.1. The van der Waals surface area contributed by atoms with E-state index in [-0.39, 0.29) is 36.7 Å². The maximum Gasteiger partial charge on any atom is 0.247 e. The minimum absolute atomic E-state index is 0.0538. The number of carbonyl (C=O) groups excluding carboxylic acids is 2. The highest BCUT2D eigenvalue weighted by Crippen LogP contribution is 2.33. The molecule has 0 bridgehead atoms. The van der Waals surface area contributed by atoms with Crippen molar-refractivity contribution in [2.45, 2.75) is 64.5 Å². The van der Waals surface area contributed by atoms with Gasteiger partial charge in [-0.25, -0.2) is 8.42 Å². The van der Waals surface area contributed by atoms with Gasteiger partial charge in [0, 0.05) is 18.3 Å². The minimum atomic E-state index is -3.60. The van der Waals surface area contributed by atoms with E-state index in [0.717, 1.165) is 35.6 Å². The molecule has 1 aromatic rings. The average Bonchev–Trinajstić information content (AvgIpc) is 2.69. The second-order valence-corrected chi connectivity index (χ2v) is 10.5. The van der Waals surface area contributed by atoms with Gasteiger partial charge < -0.3 is 5.32 Å². The summed E-state index contributed by atoms with van der Waals surface area (Å²) in [5.74, 6) is -0.786. The molecule has 8 heteroatoms. The van der Waals surface area contributed by atoms with Crippen LogP contribution in [0.3, 0.4) is 0 Å². The van der Waals surface area contributed by atoms with E-state index in [4.69, 9.17) is 0 Å². The lowest BCUT2D eigenvalue weighted by atomic mass is 9.91.